The minimum Gasteiger partial charge on any atom is -0.321 e. The van der Waals surface area contributed by atoms with Crippen molar-refractivity contribution in [2.24, 2.45) is 0 Å². The van der Waals surface area contributed by atoms with Gasteiger partial charge in [0.25, 0.3) is 5.91 Å². The molecule has 1 heterocycles. The summed E-state index contributed by atoms with van der Waals surface area (Å²) in [4.78, 5) is 14.8. The Morgan fingerprint density at radius 3 is 2.71 bits per heavy atom. The second kappa shape index (κ2) is 9.02. The number of hydrogen-bond acceptors (Lipinski definition) is 2. The molecule has 2 rings (SSSR count). The third-order valence-electron chi connectivity index (χ3n) is 3.75. The van der Waals surface area contributed by atoms with Crippen molar-refractivity contribution in [1.82, 2.24) is 0 Å². The maximum Gasteiger partial charge on any atom is 0.279 e. The van der Waals surface area contributed by atoms with Crippen molar-refractivity contribution in [3.63, 3.8) is 0 Å². The summed E-state index contributed by atoms with van der Waals surface area (Å²) in [7, 11) is 0. The molecule has 0 fully saturated rings. The Balaban J connectivity index is 2.01. The number of quaternary nitrogens is 1. The van der Waals surface area contributed by atoms with Crippen LogP contribution in [0.5, 0.6) is 0 Å². The molecule has 2 aromatic rings. The first-order valence-corrected chi connectivity index (χ1v) is 9.26. The fourth-order valence-corrected chi connectivity index (χ4v) is 3.80. The molecule has 3 nitrogen and oxygen atoms in total. The Kier molecular flexibility index (Phi) is 7.03. The van der Waals surface area contributed by atoms with Crippen LogP contribution in [0.3, 0.4) is 0 Å². The van der Waals surface area contributed by atoms with E-state index in [1.54, 1.807) is 11.3 Å². The number of anilines is 1. The quantitative estimate of drug-likeness (QED) is 0.688. The smallest absolute Gasteiger partial charge is 0.279 e. The van der Waals surface area contributed by atoms with E-state index >= 15 is 0 Å². The fourth-order valence-electron chi connectivity index (χ4n) is 2.64. The van der Waals surface area contributed by atoms with Crippen molar-refractivity contribution in [3.05, 3.63) is 63.8 Å². The van der Waals surface area contributed by atoms with E-state index in [-0.39, 0.29) is 5.91 Å². The SMILES string of the molecule is C=CC[NH+](CC(=O)Nc1ccccc1C(C)C)Cc1ccc(Cl)s1. The highest BCUT2D eigenvalue weighted by atomic mass is 35.5. The summed E-state index contributed by atoms with van der Waals surface area (Å²) in [5.41, 5.74) is 2.05. The summed E-state index contributed by atoms with van der Waals surface area (Å²) >= 11 is 7.55. The molecule has 0 aliphatic heterocycles. The molecule has 24 heavy (non-hydrogen) atoms. The van der Waals surface area contributed by atoms with Gasteiger partial charge in [-0.1, -0.05) is 50.2 Å². The summed E-state index contributed by atoms with van der Waals surface area (Å²) in [6.45, 7) is 9.95. The lowest BCUT2D eigenvalue weighted by Crippen LogP contribution is -3.11. The number of rotatable bonds is 8. The van der Waals surface area contributed by atoms with E-state index in [9.17, 15) is 4.79 Å². The average molecular weight is 364 g/mol. The zero-order chi connectivity index (χ0) is 17.5. The van der Waals surface area contributed by atoms with Gasteiger partial charge in [0, 0.05) is 5.69 Å². The van der Waals surface area contributed by atoms with E-state index < -0.39 is 0 Å². The van der Waals surface area contributed by atoms with E-state index in [0.717, 1.165) is 33.6 Å². The predicted molar refractivity (Wildman–Crippen MR) is 103 cm³/mol. The van der Waals surface area contributed by atoms with Crippen LogP contribution in [-0.4, -0.2) is 19.0 Å². The molecule has 5 heteroatoms. The normalized spacial score (nSPS) is 12.2. The van der Waals surface area contributed by atoms with Gasteiger partial charge in [0.1, 0.15) is 6.54 Å². The van der Waals surface area contributed by atoms with E-state index in [1.807, 2.05) is 36.4 Å². The Labute approximate surface area is 152 Å². The molecule has 1 aromatic carbocycles. The minimum absolute atomic E-state index is 0.0163. The van der Waals surface area contributed by atoms with Gasteiger partial charge in [-0.05, 0) is 35.8 Å². The van der Waals surface area contributed by atoms with Crippen molar-refractivity contribution in [1.29, 1.82) is 0 Å². The van der Waals surface area contributed by atoms with Gasteiger partial charge < -0.3 is 10.2 Å². The fraction of sp³-hybridized carbons (Fsp3) is 0.316. The Morgan fingerprint density at radius 2 is 2.08 bits per heavy atom. The van der Waals surface area contributed by atoms with Crippen LogP contribution >= 0.6 is 22.9 Å². The topological polar surface area (TPSA) is 33.5 Å². The molecular weight excluding hydrogens is 340 g/mol. The van der Waals surface area contributed by atoms with Gasteiger partial charge in [-0.3, -0.25) is 4.79 Å². The molecular formula is C19H24ClN2OS+. The van der Waals surface area contributed by atoms with E-state index in [0.29, 0.717) is 12.5 Å². The molecule has 1 atom stereocenters. The number of amides is 1. The Bertz CT molecular complexity index is 696. The van der Waals surface area contributed by atoms with E-state index in [1.165, 1.54) is 4.88 Å². The molecule has 1 unspecified atom stereocenters. The van der Waals surface area contributed by atoms with Gasteiger partial charge in [0.15, 0.2) is 6.54 Å². The zero-order valence-corrected chi connectivity index (χ0v) is 15.7. The lowest BCUT2D eigenvalue weighted by Gasteiger charge is -2.18. The van der Waals surface area contributed by atoms with Crippen LogP contribution in [0.1, 0.15) is 30.2 Å². The van der Waals surface area contributed by atoms with Crippen molar-refractivity contribution in [2.45, 2.75) is 26.3 Å². The molecule has 0 spiro atoms. The molecule has 0 bridgehead atoms. The predicted octanol–water partition coefficient (Wildman–Crippen LogP) is 3.73. The number of carbonyl (C=O) groups is 1. The summed E-state index contributed by atoms with van der Waals surface area (Å²) in [5.74, 6) is 0.383. The first-order valence-electron chi connectivity index (χ1n) is 8.07. The van der Waals surface area contributed by atoms with Crippen LogP contribution in [0.2, 0.25) is 4.34 Å². The maximum atomic E-state index is 12.5. The lowest BCUT2D eigenvalue weighted by molar-refractivity contribution is -0.899. The van der Waals surface area contributed by atoms with Crippen LogP contribution < -0.4 is 10.2 Å². The van der Waals surface area contributed by atoms with Crippen LogP contribution in [0.4, 0.5) is 5.69 Å². The number of para-hydroxylation sites is 1. The number of benzene rings is 1. The third kappa shape index (κ3) is 5.48. The summed E-state index contributed by atoms with van der Waals surface area (Å²) in [6.07, 6.45) is 1.85. The second-order valence-corrected chi connectivity index (χ2v) is 7.89. The molecule has 0 radical (unpaired) electrons. The molecule has 0 saturated heterocycles. The molecule has 0 aliphatic rings. The summed E-state index contributed by atoms with van der Waals surface area (Å²) < 4.78 is 0.776. The minimum atomic E-state index is 0.0163. The van der Waals surface area contributed by atoms with Crippen LogP contribution in [0.25, 0.3) is 0 Å². The molecule has 128 valence electrons. The maximum absolute atomic E-state index is 12.5. The van der Waals surface area contributed by atoms with Gasteiger partial charge in [-0.15, -0.1) is 11.3 Å². The number of halogens is 1. The standard InChI is InChI=1S/C19H23ClN2OS/c1-4-11-22(12-15-9-10-18(20)24-15)13-19(23)21-17-8-6-5-7-16(17)14(2)3/h4-10,14H,1,11-13H2,2-3H3,(H,21,23)/p+1. The molecule has 0 saturated carbocycles. The van der Waals surface area contributed by atoms with Gasteiger partial charge >= 0.3 is 0 Å². The van der Waals surface area contributed by atoms with Crippen molar-refractivity contribution in [3.8, 4) is 0 Å². The lowest BCUT2D eigenvalue weighted by atomic mass is 10.0. The number of nitrogens with one attached hydrogen (secondary N) is 2. The largest absolute Gasteiger partial charge is 0.321 e. The number of hydrogen-bond donors (Lipinski definition) is 2. The van der Waals surface area contributed by atoms with E-state index in [2.05, 4.69) is 31.8 Å². The van der Waals surface area contributed by atoms with Crippen LogP contribution in [0, 0.1) is 0 Å². The highest BCUT2D eigenvalue weighted by Gasteiger charge is 2.16. The van der Waals surface area contributed by atoms with Gasteiger partial charge in [-0.25, -0.2) is 0 Å². The number of thiophene rings is 1. The molecule has 2 N–H and O–H groups in total. The van der Waals surface area contributed by atoms with Crippen molar-refractivity contribution in [2.75, 3.05) is 18.4 Å². The average Bonchev–Trinajstić information content (AvgIpc) is 2.92. The Hall–Kier alpha value is -1.62. The monoisotopic (exact) mass is 363 g/mol. The molecule has 1 aromatic heterocycles. The van der Waals surface area contributed by atoms with Gasteiger partial charge in [0.05, 0.1) is 15.8 Å². The summed E-state index contributed by atoms with van der Waals surface area (Å²) in [5, 5.41) is 3.06. The van der Waals surface area contributed by atoms with Crippen LogP contribution in [-0.2, 0) is 11.3 Å². The van der Waals surface area contributed by atoms with E-state index in [4.69, 9.17) is 11.6 Å². The third-order valence-corrected chi connectivity index (χ3v) is 4.98. The van der Waals surface area contributed by atoms with Crippen molar-refractivity contribution >= 4 is 34.5 Å². The van der Waals surface area contributed by atoms with Crippen molar-refractivity contribution < 1.29 is 9.69 Å². The van der Waals surface area contributed by atoms with Gasteiger partial charge in [-0.2, -0.15) is 0 Å². The first-order chi connectivity index (χ1) is 11.5. The summed E-state index contributed by atoms with van der Waals surface area (Å²) in [6, 6.07) is 11.9. The van der Waals surface area contributed by atoms with Crippen LogP contribution in [0.15, 0.2) is 49.1 Å². The molecule has 0 aliphatic carbocycles. The number of carbonyl (C=O) groups excluding carboxylic acids is 1. The molecule has 1 amide bonds. The highest BCUT2D eigenvalue weighted by molar-refractivity contribution is 7.16. The second-order valence-electron chi connectivity index (χ2n) is 6.09. The zero-order valence-electron chi connectivity index (χ0n) is 14.1. The highest BCUT2D eigenvalue weighted by Crippen LogP contribution is 2.23. The van der Waals surface area contributed by atoms with Gasteiger partial charge in [0.2, 0.25) is 0 Å². The Morgan fingerprint density at radius 1 is 1.33 bits per heavy atom. The first kappa shape index (κ1) is 18.7.